The molecule has 1 atom stereocenters. The number of rotatable bonds is 7. The lowest BCUT2D eigenvalue weighted by Crippen LogP contribution is -2.44. The fourth-order valence-corrected chi connectivity index (χ4v) is 3.57. The van der Waals surface area contributed by atoms with Gasteiger partial charge >= 0.3 is 5.97 Å². The first-order valence-corrected chi connectivity index (χ1v) is 9.63. The first-order valence-electron chi connectivity index (χ1n) is 9.22. The molecule has 1 aliphatic rings. The summed E-state index contributed by atoms with van der Waals surface area (Å²) in [4.78, 5) is 23.1. The maximum Gasteiger partial charge on any atom is 0.335 e. The second kappa shape index (κ2) is 8.96. The van der Waals surface area contributed by atoms with E-state index in [0.717, 1.165) is 16.8 Å². The molecule has 0 radical (unpaired) electrons. The molecule has 0 bridgehead atoms. The van der Waals surface area contributed by atoms with Gasteiger partial charge in [0.25, 0.3) is 0 Å². The molecule has 0 saturated carbocycles. The minimum Gasteiger partial charge on any atom is -0.493 e. The fourth-order valence-electron chi connectivity index (χ4n) is 3.30. The summed E-state index contributed by atoms with van der Waals surface area (Å²) in [6, 6.07) is 11.5. The minimum absolute atomic E-state index is 0.0518. The molecule has 3 N–H and O–H groups in total. The third kappa shape index (κ3) is 4.60. The fraction of sp³-hybridized carbons (Fsp3) is 0.227. The standard InChI is InChI=1S/C22H22N2O5S/c1-12-19(13(2)25)20(24-22(30)23-12)16-8-9-17(18(10-16)28-3)29-11-14-4-6-15(7-5-14)21(26)27/h4-10,20H,11H2,1-3H3,(H,26,27)(H2,23,24,30). The molecule has 1 heterocycles. The largest absolute Gasteiger partial charge is 0.493 e. The number of aromatic carboxylic acids is 1. The third-order valence-corrected chi connectivity index (χ3v) is 4.98. The Kier molecular flexibility index (Phi) is 6.37. The van der Waals surface area contributed by atoms with Gasteiger partial charge in [-0.15, -0.1) is 0 Å². The van der Waals surface area contributed by atoms with Crippen molar-refractivity contribution in [2.45, 2.75) is 26.5 Å². The van der Waals surface area contributed by atoms with Gasteiger partial charge in [0.05, 0.1) is 18.7 Å². The van der Waals surface area contributed by atoms with Gasteiger partial charge in [-0.3, -0.25) is 4.79 Å². The van der Waals surface area contributed by atoms with E-state index in [1.807, 2.05) is 19.1 Å². The highest BCUT2D eigenvalue weighted by molar-refractivity contribution is 7.80. The van der Waals surface area contributed by atoms with E-state index in [2.05, 4.69) is 10.6 Å². The number of thiocarbonyl (C=S) groups is 1. The summed E-state index contributed by atoms with van der Waals surface area (Å²) in [5, 5.41) is 15.6. The van der Waals surface area contributed by atoms with Crippen LogP contribution in [0.5, 0.6) is 11.5 Å². The van der Waals surface area contributed by atoms with Crippen LogP contribution in [0.3, 0.4) is 0 Å². The lowest BCUT2D eigenvalue weighted by atomic mass is 9.93. The first kappa shape index (κ1) is 21.3. The van der Waals surface area contributed by atoms with E-state index in [-0.39, 0.29) is 24.0 Å². The number of benzene rings is 2. The van der Waals surface area contributed by atoms with E-state index >= 15 is 0 Å². The van der Waals surface area contributed by atoms with Crippen LogP contribution >= 0.6 is 12.2 Å². The molecule has 0 spiro atoms. The van der Waals surface area contributed by atoms with E-state index < -0.39 is 5.97 Å². The van der Waals surface area contributed by atoms with E-state index in [1.165, 1.54) is 19.1 Å². The van der Waals surface area contributed by atoms with Crippen molar-refractivity contribution in [3.8, 4) is 11.5 Å². The Hall–Kier alpha value is -3.39. The molecule has 0 fully saturated rings. The van der Waals surface area contributed by atoms with Crippen molar-refractivity contribution < 1.29 is 24.2 Å². The number of carboxylic acid groups (broad SMARTS) is 1. The molecular weight excluding hydrogens is 404 g/mol. The molecule has 2 aromatic carbocycles. The number of carbonyl (C=O) groups is 2. The number of hydrogen-bond acceptors (Lipinski definition) is 5. The van der Waals surface area contributed by atoms with Gasteiger partial charge in [-0.25, -0.2) is 4.79 Å². The SMILES string of the molecule is COc1cc(C2NC(=S)NC(C)=C2C(C)=O)ccc1OCc1ccc(C(=O)O)cc1. The van der Waals surface area contributed by atoms with Crippen LogP contribution < -0.4 is 20.1 Å². The second-order valence-electron chi connectivity index (χ2n) is 6.83. The van der Waals surface area contributed by atoms with Crippen LogP contribution in [0.15, 0.2) is 53.7 Å². The second-order valence-corrected chi connectivity index (χ2v) is 7.24. The molecule has 7 nitrogen and oxygen atoms in total. The monoisotopic (exact) mass is 426 g/mol. The number of hydrogen-bond donors (Lipinski definition) is 3. The molecule has 30 heavy (non-hydrogen) atoms. The maximum atomic E-state index is 12.2. The van der Waals surface area contributed by atoms with Crippen LogP contribution in [0, 0.1) is 0 Å². The number of carbonyl (C=O) groups excluding carboxylic acids is 1. The topological polar surface area (TPSA) is 96.9 Å². The molecule has 2 aromatic rings. The third-order valence-electron chi connectivity index (χ3n) is 4.76. The molecule has 0 amide bonds. The molecule has 0 aliphatic carbocycles. The van der Waals surface area contributed by atoms with E-state index in [0.29, 0.717) is 22.2 Å². The van der Waals surface area contributed by atoms with E-state index in [4.69, 9.17) is 26.8 Å². The average molecular weight is 426 g/mol. The van der Waals surface area contributed by atoms with Crippen molar-refractivity contribution in [3.63, 3.8) is 0 Å². The molecule has 1 aliphatic heterocycles. The maximum absolute atomic E-state index is 12.2. The molecule has 0 aromatic heterocycles. The highest BCUT2D eigenvalue weighted by Gasteiger charge is 2.28. The molecule has 3 rings (SSSR count). The normalized spacial score (nSPS) is 15.8. The number of ether oxygens (including phenoxy) is 2. The van der Waals surface area contributed by atoms with Crippen LogP contribution in [0.1, 0.15) is 41.4 Å². The van der Waals surface area contributed by atoms with Crippen molar-refractivity contribution in [1.29, 1.82) is 0 Å². The highest BCUT2D eigenvalue weighted by Crippen LogP contribution is 2.34. The number of allylic oxidation sites excluding steroid dienone is 1. The Balaban J connectivity index is 1.82. The summed E-state index contributed by atoms with van der Waals surface area (Å²) in [6.45, 7) is 3.60. The van der Waals surface area contributed by atoms with Gasteiger partial charge < -0.3 is 25.2 Å². The average Bonchev–Trinajstić information content (AvgIpc) is 2.71. The smallest absolute Gasteiger partial charge is 0.335 e. The van der Waals surface area contributed by atoms with E-state index in [1.54, 1.807) is 25.3 Å². The van der Waals surface area contributed by atoms with Crippen LogP contribution in [0.25, 0.3) is 0 Å². The van der Waals surface area contributed by atoms with Crippen molar-refractivity contribution in [3.05, 3.63) is 70.4 Å². The molecule has 0 saturated heterocycles. The number of methoxy groups -OCH3 is 1. The number of Topliss-reactive ketones (excluding diaryl/α,β-unsaturated/α-hetero) is 1. The Morgan fingerprint density at radius 1 is 1.13 bits per heavy atom. The van der Waals surface area contributed by atoms with Crippen molar-refractivity contribution in [2.75, 3.05) is 7.11 Å². The summed E-state index contributed by atoms with van der Waals surface area (Å²) < 4.78 is 11.3. The molecule has 8 heteroatoms. The van der Waals surface area contributed by atoms with Crippen LogP contribution in [0.2, 0.25) is 0 Å². The quantitative estimate of drug-likeness (QED) is 0.580. The Morgan fingerprint density at radius 3 is 2.43 bits per heavy atom. The number of ketones is 1. The van der Waals surface area contributed by atoms with Gasteiger partial charge in [0.15, 0.2) is 22.4 Å². The Bertz CT molecular complexity index is 1030. The summed E-state index contributed by atoms with van der Waals surface area (Å²) >= 11 is 5.25. The number of carboxylic acids is 1. The zero-order chi connectivity index (χ0) is 21.8. The predicted molar refractivity (Wildman–Crippen MR) is 116 cm³/mol. The van der Waals surface area contributed by atoms with Crippen molar-refractivity contribution in [2.24, 2.45) is 0 Å². The van der Waals surface area contributed by atoms with Crippen LogP contribution in [-0.4, -0.2) is 29.1 Å². The molecular formula is C22H22N2O5S. The van der Waals surface area contributed by atoms with Gasteiger partial charge in [0.2, 0.25) is 0 Å². The van der Waals surface area contributed by atoms with E-state index in [9.17, 15) is 9.59 Å². The molecule has 1 unspecified atom stereocenters. The summed E-state index contributed by atoms with van der Waals surface area (Å²) in [7, 11) is 1.54. The van der Waals surface area contributed by atoms with Gasteiger partial charge in [-0.1, -0.05) is 18.2 Å². The van der Waals surface area contributed by atoms with Gasteiger partial charge in [0.1, 0.15) is 6.61 Å². The lowest BCUT2D eigenvalue weighted by molar-refractivity contribution is -0.114. The predicted octanol–water partition coefficient (Wildman–Crippen LogP) is 3.35. The Labute approximate surface area is 179 Å². The minimum atomic E-state index is -0.972. The summed E-state index contributed by atoms with van der Waals surface area (Å²) in [5.41, 5.74) is 3.20. The zero-order valence-corrected chi connectivity index (χ0v) is 17.6. The first-order chi connectivity index (χ1) is 14.3. The van der Waals surface area contributed by atoms with Crippen molar-refractivity contribution in [1.82, 2.24) is 10.6 Å². The van der Waals surface area contributed by atoms with Gasteiger partial charge in [-0.05, 0) is 61.5 Å². The number of nitrogens with one attached hydrogen (secondary N) is 2. The lowest BCUT2D eigenvalue weighted by Gasteiger charge is -2.30. The van der Waals surface area contributed by atoms with Crippen LogP contribution in [0.4, 0.5) is 0 Å². The van der Waals surface area contributed by atoms with Crippen molar-refractivity contribution >= 4 is 29.1 Å². The highest BCUT2D eigenvalue weighted by atomic mass is 32.1. The van der Waals surface area contributed by atoms with Gasteiger partial charge in [-0.2, -0.15) is 0 Å². The summed E-state index contributed by atoms with van der Waals surface area (Å²) in [6.07, 6.45) is 0. The summed E-state index contributed by atoms with van der Waals surface area (Å²) in [5.74, 6) is 0.0238. The van der Waals surface area contributed by atoms with Crippen LogP contribution in [-0.2, 0) is 11.4 Å². The Morgan fingerprint density at radius 2 is 1.83 bits per heavy atom. The zero-order valence-electron chi connectivity index (χ0n) is 16.8. The van der Waals surface area contributed by atoms with Gasteiger partial charge in [0, 0.05) is 11.3 Å². The molecule has 156 valence electrons.